The molecule has 0 aromatic rings. The maximum Gasteiger partial charge on any atom is 0.240 e. The van der Waals surface area contributed by atoms with Gasteiger partial charge >= 0.3 is 0 Å². The fourth-order valence-electron chi connectivity index (χ4n) is 3.53. The molecule has 0 aliphatic carbocycles. The van der Waals surface area contributed by atoms with Crippen LogP contribution in [0.3, 0.4) is 0 Å². The van der Waals surface area contributed by atoms with Crippen LogP contribution < -0.4 is 5.73 Å². The largest absolute Gasteiger partial charge is 0.341 e. The van der Waals surface area contributed by atoms with E-state index in [1.807, 2.05) is 4.90 Å². The lowest BCUT2D eigenvalue weighted by Crippen LogP contribution is -2.58. The first-order valence-corrected chi connectivity index (χ1v) is 8.53. The van der Waals surface area contributed by atoms with Gasteiger partial charge in [-0.15, -0.1) is 0 Å². The molecule has 0 bridgehead atoms. The van der Waals surface area contributed by atoms with E-state index in [1.165, 1.54) is 0 Å². The molecule has 0 saturated carbocycles. The minimum atomic E-state index is 0.0401. The van der Waals surface area contributed by atoms with Crippen LogP contribution >= 0.6 is 0 Å². The summed E-state index contributed by atoms with van der Waals surface area (Å²) in [6.07, 6.45) is 1.89. The Morgan fingerprint density at radius 1 is 1.10 bits per heavy atom. The Morgan fingerprint density at radius 3 is 2.14 bits per heavy atom. The third kappa shape index (κ3) is 4.18. The molecule has 5 nitrogen and oxygen atoms in total. The predicted molar refractivity (Wildman–Crippen MR) is 86.1 cm³/mol. The molecule has 0 spiro atoms. The molecule has 0 aromatic carbocycles. The van der Waals surface area contributed by atoms with Crippen molar-refractivity contribution in [3.63, 3.8) is 0 Å². The highest BCUT2D eigenvalue weighted by molar-refractivity contribution is 5.82. The standard InChI is InChI=1S/C16H32N4O/c1-4-18-9-11-19(12-10-18)15(13(2)3)16(21)20-7-5-14(17)6-8-20/h13-15H,4-12,17H2,1-3H3. The van der Waals surface area contributed by atoms with E-state index in [0.29, 0.717) is 11.8 Å². The van der Waals surface area contributed by atoms with Crippen molar-refractivity contribution in [1.82, 2.24) is 14.7 Å². The molecule has 2 fully saturated rings. The predicted octanol–water partition coefficient (Wildman–Crippen LogP) is 0.598. The molecule has 122 valence electrons. The first-order valence-electron chi connectivity index (χ1n) is 8.53. The van der Waals surface area contributed by atoms with Gasteiger partial charge in [0.25, 0.3) is 0 Å². The summed E-state index contributed by atoms with van der Waals surface area (Å²) in [5.41, 5.74) is 5.95. The maximum absolute atomic E-state index is 12.9. The monoisotopic (exact) mass is 296 g/mol. The molecule has 2 saturated heterocycles. The highest BCUT2D eigenvalue weighted by atomic mass is 16.2. The normalized spacial score (nSPS) is 24.5. The number of nitrogens with two attached hydrogens (primary N) is 1. The van der Waals surface area contributed by atoms with E-state index in [9.17, 15) is 4.79 Å². The Morgan fingerprint density at radius 2 is 1.67 bits per heavy atom. The minimum Gasteiger partial charge on any atom is -0.341 e. The lowest BCUT2D eigenvalue weighted by Gasteiger charge is -2.42. The van der Waals surface area contributed by atoms with Crippen LogP contribution in [0.2, 0.25) is 0 Å². The van der Waals surface area contributed by atoms with Crippen molar-refractivity contribution < 1.29 is 4.79 Å². The van der Waals surface area contributed by atoms with E-state index in [-0.39, 0.29) is 12.1 Å². The number of rotatable bonds is 4. The Balaban J connectivity index is 1.97. The SMILES string of the molecule is CCN1CCN(C(C(=O)N2CCC(N)CC2)C(C)C)CC1. The van der Waals surface area contributed by atoms with Crippen LogP contribution in [0, 0.1) is 5.92 Å². The summed E-state index contributed by atoms with van der Waals surface area (Å²) in [5, 5.41) is 0. The van der Waals surface area contributed by atoms with Crippen molar-refractivity contribution >= 4 is 5.91 Å². The first kappa shape index (κ1) is 16.7. The number of piperidine rings is 1. The summed E-state index contributed by atoms with van der Waals surface area (Å²) in [5.74, 6) is 0.683. The van der Waals surface area contributed by atoms with Crippen molar-refractivity contribution in [2.75, 3.05) is 45.8 Å². The zero-order valence-electron chi connectivity index (χ0n) is 13.9. The second-order valence-electron chi connectivity index (χ2n) is 6.82. The van der Waals surface area contributed by atoms with Crippen LogP contribution in [-0.4, -0.2) is 78.5 Å². The number of carbonyl (C=O) groups is 1. The lowest BCUT2D eigenvalue weighted by atomic mass is 9.98. The van der Waals surface area contributed by atoms with Gasteiger partial charge in [0.15, 0.2) is 0 Å². The second kappa shape index (κ2) is 7.56. The Kier molecular flexibility index (Phi) is 6.02. The average Bonchev–Trinajstić information content (AvgIpc) is 2.48. The van der Waals surface area contributed by atoms with Gasteiger partial charge in [-0.05, 0) is 25.3 Å². The van der Waals surface area contributed by atoms with E-state index in [4.69, 9.17) is 5.73 Å². The van der Waals surface area contributed by atoms with Crippen LogP contribution in [0.15, 0.2) is 0 Å². The van der Waals surface area contributed by atoms with E-state index < -0.39 is 0 Å². The number of likely N-dealkylation sites (N-methyl/N-ethyl adjacent to an activating group) is 1. The van der Waals surface area contributed by atoms with E-state index in [2.05, 4.69) is 30.6 Å². The summed E-state index contributed by atoms with van der Waals surface area (Å²) < 4.78 is 0. The number of piperazine rings is 1. The molecule has 2 rings (SSSR count). The Labute approximate surface area is 129 Å². The second-order valence-corrected chi connectivity index (χ2v) is 6.82. The molecule has 2 aliphatic heterocycles. The van der Waals surface area contributed by atoms with Crippen LogP contribution in [0.5, 0.6) is 0 Å². The van der Waals surface area contributed by atoms with Gasteiger partial charge in [0.1, 0.15) is 0 Å². The molecule has 0 radical (unpaired) electrons. The minimum absolute atomic E-state index is 0.0401. The molecule has 0 aromatic heterocycles. The topological polar surface area (TPSA) is 52.8 Å². The quantitative estimate of drug-likeness (QED) is 0.825. The van der Waals surface area contributed by atoms with Gasteiger partial charge in [-0.3, -0.25) is 9.69 Å². The molecule has 2 heterocycles. The molecule has 2 aliphatic rings. The molecule has 5 heteroatoms. The summed E-state index contributed by atoms with van der Waals surface area (Å²) in [6.45, 7) is 13.5. The van der Waals surface area contributed by atoms with E-state index in [1.54, 1.807) is 0 Å². The highest BCUT2D eigenvalue weighted by Crippen LogP contribution is 2.19. The number of likely N-dealkylation sites (tertiary alicyclic amines) is 1. The molecule has 21 heavy (non-hydrogen) atoms. The van der Waals surface area contributed by atoms with E-state index >= 15 is 0 Å². The summed E-state index contributed by atoms with van der Waals surface area (Å²) in [4.78, 5) is 19.8. The lowest BCUT2D eigenvalue weighted by molar-refractivity contribution is -0.140. The summed E-state index contributed by atoms with van der Waals surface area (Å²) >= 11 is 0. The number of hydrogen-bond donors (Lipinski definition) is 1. The fourth-order valence-corrected chi connectivity index (χ4v) is 3.53. The Hall–Kier alpha value is -0.650. The van der Waals surface area contributed by atoms with Crippen LogP contribution in [0.4, 0.5) is 0 Å². The smallest absolute Gasteiger partial charge is 0.240 e. The third-order valence-electron chi connectivity index (χ3n) is 4.98. The Bertz CT molecular complexity index is 331. The van der Waals surface area contributed by atoms with Gasteiger partial charge in [-0.2, -0.15) is 0 Å². The number of amides is 1. The van der Waals surface area contributed by atoms with Gasteiger partial charge < -0.3 is 15.5 Å². The van der Waals surface area contributed by atoms with Crippen LogP contribution in [-0.2, 0) is 4.79 Å². The van der Waals surface area contributed by atoms with Gasteiger partial charge in [0, 0.05) is 45.3 Å². The number of hydrogen-bond acceptors (Lipinski definition) is 4. The van der Waals surface area contributed by atoms with Crippen LogP contribution in [0.1, 0.15) is 33.6 Å². The van der Waals surface area contributed by atoms with E-state index in [0.717, 1.165) is 58.7 Å². The van der Waals surface area contributed by atoms with Crippen molar-refractivity contribution in [1.29, 1.82) is 0 Å². The van der Waals surface area contributed by atoms with Crippen molar-refractivity contribution in [3.8, 4) is 0 Å². The van der Waals surface area contributed by atoms with Gasteiger partial charge in [-0.25, -0.2) is 0 Å². The molecule has 2 N–H and O–H groups in total. The zero-order chi connectivity index (χ0) is 15.4. The summed E-state index contributed by atoms with van der Waals surface area (Å²) in [7, 11) is 0. The highest BCUT2D eigenvalue weighted by Gasteiger charge is 2.34. The molecule has 1 amide bonds. The van der Waals surface area contributed by atoms with Crippen LogP contribution in [0.25, 0.3) is 0 Å². The van der Waals surface area contributed by atoms with Gasteiger partial charge in [-0.1, -0.05) is 20.8 Å². The van der Waals surface area contributed by atoms with Crippen molar-refractivity contribution in [2.45, 2.75) is 45.7 Å². The summed E-state index contributed by atoms with van der Waals surface area (Å²) in [6, 6.07) is 0.318. The van der Waals surface area contributed by atoms with Crippen molar-refractivity contribution in [3.05, 3.63) is 0 Å². The van der Waals surface area contributed by atoms with Gasteiger partial charge in [0.2, 0.25) is 5.91 Å². The molecule has 1 atom stereocenters. The molecule has 1 unspecified atom stereocenters. The van der Waals surface area contributed by atoms with Gasteiger partial charge in [0.05, 0.1) is 6.04 Å². The average molecular weight is 296 g/mol. The first-order chi connectivity index (χ1) is 10.0. The van der Waals surface area contributed by atoms with Crippen molar-refractivity contribution in [2.24, 2.45) is 11.7 Å². The number of nitrogens with zero attached hydrogens (tertiary/aromatic N) is 3. The third-order valence-corrected chi connectivity index (χ3v) is 4.98. The zero-order valence-corrected chi connectivity index (χ0v) is 13.9. The number of carbonyl (C=O) groups excluding carboxylic acids is 1. The fraction of sp³-hybridized carbons (Fsp3) is 0.938. The maximum atomic E-state index is 12.9. The molecular formula is C16H32N4O. The molecular weight excluding hydrogens is 264 g/mol.